The molecule has 6 nitrogen and oxygen atoms in total. The average Bonchev–Trinajstić information content (AvgIpc) is 2.81. The van der Waals surface area contributed by atoms with Gasteiger partial charge in [0, 0.05) is 12.7 Å². The fourth-order valence-electron chi connectivity index (χ4n) is 2.23. The molecule has 1 fully saturated rings. The van der Waals surface area contributed by atoms with Crippen molar-refractivity contribution in [2.24, 2.45) is 0 Å². The van der Waals surface area contributed by atoms with E-state index >= 15 is 0 Å². The van der Waals surface area contributed by atoms with Gasteiger partial charge in [0.1, 0.15) is 0 Å². The van der Waals surface area contributed by atoms with Crippen LogP contribution in [0.15, 0.2) is 15.8 Å². The molecule has 0 aliphatic carbocycles. The fraction of sp³-hybridized carbons (Fsp3) is 0.667. The summed E-state index contributed by atoms with van der Waals surface area (Å²) < 4.78 is 7.06. The van der Waals surface area contributed by atoms with Crippen molar-refractivity contribution in [3.05, 3.63) is 32.6 Å². The van der Waals surface area contributed by atoms with Crippen LogP contribution in [0.1, 0.15) is 37.9 Å². The third kappa shape index (κ3) is 2.54. The quantitative estimate of drug-likeness (QED) is 0.801. The minimum atomic E-state index is -0.393. The van der Waals surface area contributed by atoms with E-state index in [-0.39, 0.29) is 24.5 Å². The Bertz CT molecular complexity index is 520. The number of aromatic amines is 1. The molecule has 1 aromatic rings. The van der Waals surface area contributed by atoms with Gasteiger partial charge in [0.15, 0.2) is 0 Å². The monoisotopic (exact) mass is 254 g/mol. The van der Waals surface area contributed by atoms with Crippen LogP contribution >= 0.6 is 0 Å². The van der Waals surface area contributed by atoms with E-state index in [0.29, 0.717) is 18.5 Å². The summed E-state index contributed by atoms with van der Waals surface area (Å²) in [6.45, 7) is 2.49. The molecule has 1 aliphatic rings. The zero-order valence-electron chi connectivity index (χ0n) is 10.4. The first-order chi connectivity index (χ1) is 8.65. The summed E-state index contributed by atoms with van der Waals surface area (Å²) in [7, 11) is 0. The Hall–Kier alpha value is -1.40. The Morgan fingerprint density at radius 3 is 2.89 bits per heavy atom. The van der Waals surface area contributed by atoms with Crippen molar-refractivity contribution in [3.63, 3.8) is 0 Å². The third-order valence-electron chi connectivity index (χ3n) is 3.16. The van der Waals surface area contributed by atoms with Gasteiger partial charge in [-0.2, -0.15) is 0 Å². The molecule has 2 N–H and O–H groups in total. The highest BCUT2D eigenvalue weighted by atomic mass is 16.5. The molecule has 0 saturated carbocycles. The zero-order valence-corrected chi connectivity index (χ0v) is 10.4. The summed E-state index contributed by atoms with van der Waals surface area (Å²) in [6, 6.07) is 0. The maximum Gasteiger partial charge on any atom is 0.328 e. The lowest BCUT2D eigenvalue weighted by Gasteiger charge is -2.13. The minimum absolute atomic E-state index is 0.0387. The van der Waals surface area contributed by atoms with E-state index in [1.54, 1.807) is 6.20 Å². The summed E-state index contributed by atoms with van der Waals surface area (Å²) in [5, 5.41) is 9.02. The first kappa shape index (κ1) is 13.0. The molecular weight excluding hydrogens is 236 g/mol. The van der Waals surface area contributed by atoms with Crippen molar-refractivity contribution < 1.29 is 9.84 Å². The van der Waals surface area contributed by atoms with Crippen LogP contribution < -0.4 is 11.2 Å². The molecule has 1 aromatic heterocycles. The van der Waals surface area contributed by atoms with E-state index in [9.17, 15) is 9.59 Å². The van der Waals surface area contributed by atoms with Crippen molar-refractivity contribution in [3.8, 4) is 0 Å². The van der Waals surface area contributed by atoms with E-state index < -0.39 is 5.56 Å². The first-order valence-electron chi connectivity index (χ1n) is 6.25. The molecule has 0 radical (unpaired) electrons. The molecule has 100 valence electrons. The van der Waals surface area contributed by atoms with Crippen LogP contribution in [0.2, 0.25) is 0 Å². The van der Waals surface area contributed by atoms with Crippen LogP contribution in [-0.2, 0) is 11.3 Å². The number of aromatic nitrogens is 2. The smallest absolute Gasteiger partial charge is 0.328 e. The van der Waals surface area contributed by atoms with E-state index in [0.717, 1.165) is 12.8 Å². The number of hydrogen-bond donors (Lipinski definition) is 2. The largest absolute Gasteiger partial charge is 0.394 e. The molecular formula is C12H18N2O4. The Morgan fingerprint density at radius 2 is 2.28 bits per heavy atom. The van der Waals surface area contributed by atoms with Gasteiger partial charge in [0.25, 0.3) is 5.56 Å². The molecule has 0 bridgehead atoms. The minimum Gasteiger partial charge on any atom is -0.394 e. The number of aryl methyl sites for hydroxylation is 1. The highest BCUT2D eigenvalue weighted by Crippen LogP contribution is 2.30. The SMILES string of the molecule is CCCn1cc([C@H]2CC[C@@H](CO)O2)c(=O)[nH]c1=O. The molecule has 2 rings (SSSR count). The van der Waals surface area contributed by atoms with Crippen molar-refractivity contribution in [2.45, 2.75) is 44.9 Å². The number of aliphatic hydroxyl groups excluding tert-OH is 1. The van der Waals surface area contributed by atoms with Crippen molar-refractivity contribution >= 4 is 0 Å². The Kier molecular flexibility index (Phi) is 3.98. The van der Waals surface area contributed by atoms with Gasteiger partial charge in [-0.25, -0.2) is 4.79 Å². The molecule has 0 amide bonds. The maximum absolute atomic E-state index is 11.8. The van der Waals surface area contributed by atoms with Gasteiger partial charge in [0.2, 0.25) is 0 Å². The summed E-state index contributed by atoms with van der Waals surface area (Å²) in [5.74, 6) is 0. The maximum atomic E-state index is 11.8. The van der Waals surface area contributed by atoms with Gasteiger partial charge in [-0.3, -0.25) is 9.78 Å². The lowest BCUT2D eigenvalue weighted by Crippen LogP contribution is -2.32. The van der Waals surface area contributed by atoms with Crippen LogP contribution in [0.25, 0.3) is 0 Å². The second-order valence-corrected chi connectivity index (χ2v) is 4.54. The Labute approximate surface area is 104 Å². The molecule has 0 spiro atoms. The van der Waals surface area contributed by atoms with E-state index in [4.69, 9.17) is 9.84 Å². The highest BCUT2D eigenvalue weighted by molar-refractivity contribution is 5.10. The zero-order chi connectivity index (χ0) is 13.1. The molecule has 18 heavy (non-hydrogen) atoms. The number of H-pyrrole nitrogens is 1. The van der Waals surface area contributed by atoms with Crippen LogP contribution in [0.3, 0.4) is 0 Å². The van der Waals surface area contributed by atoms with E-state index in [2.05, 4.69) is 4.98 Å². The molecule has 2 atom stereocenters. The van der Waals surface area contributed by atoms with Crippen molar-refractivity contribution in [2.75, 3.05) is 6.61 Å². The number of rotatable bonds is 4. The predicted molar refractivity (Wildman–Crippen MR) is 65.5 cm³/mol. The standard InChI is InChI=1S/C12H18N2O4/c1-2-5-14-6-9(11(16)13-12(14)17)10-4-3-8(7-15)18-10/h6,8,10,15H,2-5,7H2,1H3,(H,13,16,17)/t8-,10+/m0/s1. The van der Waals surface area contributed by atoms with Crippen LogP contribution in [0, 0.1) is 0 Å². The van der Waals surface area contributed by atoms with Gasteiger partial charge in [-0.05, 0) is 19.3 Å². The van der Waals surface area contributed by atoms with E-state index in [1.807, 2.05) is 6.92 Å². The van der Waals surface area contributed by atoms with Crippen LogP contribution in [-0.4, -0.2) is 27.4 Å². The van der Waals surface area contributed by atoms with Gasteiger partial charge in [-0.1, -0.05) is 6.92 Å². The summed E-state index contributed by atoms with van der Waals surface area (Å²) in [6.07, 6.45) is 3.28. The molecule has 2 heterocycles. The molecule has 1 aliphatic heterocycles. The van der Waals surface area contributed by atoms with Gasteiger partial charge in [-0.15, -0.1) is 0 Å². The summed E-state index contributed by atoms with van der Waals surface area (Å²) in [5.41, 5.74) is -0.308. The number of nitrogens with one attached hydrogen (secondary N) is 1. The molecule has 6 heteroatoms. The van der Waals surface area contributed by atoms with Gasteiger partial charge >= 0.3 is 5.69 Å². The summed E-state index contributed by atoms with van der Waals surface area (Å²) in [4.78, 5) is 25.6. The fourth-order valence-corrected chi connectivity index (χ4v) is 2.23. The molecule has 0 unspecified atom stereocenters. The second kappa shape index (κ2) is 5.49. The second-order valence-electron chi connectivity index (χ2n) is 4.54. The third-order valence-corrected chi connectivity index (χ3v) is 3.16. The first-order valence-corrected chi connectivity index (χ1v) is 6.25. The highest BCUT2D eigenvalue weighted by Gasteiger charge is 2.28. The number of aliphatic hydroxyl groups is 1. The lowest BCUT2D eigenvalue weighted by molar-refractivity contribution is 0.0101. The van der Waals surface area contributed by atoms with Gasteiger partial charge < -0.3 is 14.4 Å². The van der Waals surface area contributed by atoms with Crippen molar-refractivity contribution in [1.82, 2.24) is 9.55 Å². The number of hydrogen-bond acceptors (Lipinski definition) is 4. The lowest BCUT2D eigenvalue weighted by atomic mass is 10.1. The predicted octanol–water partition coefficient (Wildman–Crippen LogP) is 0.159. The van der Waals surface area contributed by atoms with E-state index in [1.165, 1.54) is 4.57 Å². The average molecular weight is 254 g/mol. The topological polar surface area (TPSA) is 84.3 Å². The van der Waals surface area contributed by atoms with Crippen LogP contribution in [0.4, 0.5) is 0 Å². The number of nitrogens with zero attached hydrogens (tertiary/aromatic N) is 1. The molecule has 0 aromatic carbocycles. The van der Waals surface area contributed by atoms with Gasteiger partial charge in [0.05, 0.1) is 24.4 Å². The van der Waals surface area contributed by atoms with Crippen LogP contribution in [0.5, 0.6) is 0 Å². The molecule has 1 saturated heterocycles. The Balaban J connectivity index is 2.30. The summed E-state index contributed by atoms with van der Waals surface area (Å²) >= 11 is 0. The van der Waals surface area contributed by atoms with Crippen molar-refractivity contribution in [1.29, 1.82) is 0 Å². The normalized spacial score (nSPS) is 23.4. The Morgan fingerprint density at radius 1 is 1.50 bits per heavy atom. The number of ether oxygens (including phenoxy) is 1.